The van der Waals surface area contributed by atoms with E-state index < -0.39 is 10.8 Å². The van der Waals surface area contributed by atoms with Gasteiger partial charge >= 0.3 is 0 Å². The smallest absolute Gasteiger partial charge is 0.153 e. The molecule has 2 heterocycles. The molecule has 1 aromatic carbocycles. The third-order valence-electron chi connectivity index (χ3n) is 5.04. The molecule has 1 unspecified atom stereocenters. The van der Waals surface area contributed by atoms with E-state index in [1.54, 1.807) is 0 Å². The Morgan fingerprint density at radius 2 is 1.83 bits per heavy atom. The van der Waals surface area contributed by atoms with Crippen LogP contribution in [0.25, 0.3) is 0 Å². The van der Waals surface area contributed by atoms with Crippen molar-refractivity contribution in [2.75, 3.05) is 25.4 Å². The zero-order valence-electron chi connectivity index (χ0n) is 13.9. The Morgan fingerprint density at radius 1 is 1.08 bits per heavy atom. The molecule has 5 nitrogen and oxygen atoms in total. The third kappa shape index (κ3) is 3.75. The second-order valence-corrected chi connectivity index (χ2v) is 8.40. The lowest BCUT2D eigenvalue weighted by atomic mass is 9.96. The molecule has 1 aromatic heterocycles. The van der Waals surface area contributed by atoms with Crippen molar-refractivity contribution in [3.8, 4) is 0 Å². The molecule has 2 fully saturated rings. The molecule has 1 aliphatic heterocycles. The summed E-state index contributed by atoms with van der Waals surface area (Å²) in [5.74, 6) is 3.92. The van der Waals surface area contributed by atoms with Gasteiger partial charge in [-0.05, 0) is 50.9 Å². The van der Waals surface area contributed by atoms with Crippen LogP contribution in [0.15, 0.2) is 35.2 Å². The van der Waals surface area contributed by atoms with E-state index in [9.17, 15) is 4.21 Å². The minimum Gasteiger partial charge on any atom is -0.302 e. The average Bonchev–Trinajstić information content (AvgIpc) is 3.38. The van der Waals surface area contributed by atoms with Crippen LogP contribution in [-0.4, -0.2) is 49.7 Å². The van der Waals surface area contributed by atoms with Crippen molar-refractivity contribution in [1.82, 2.24) is 20.1 Å². The number of benzene rings is 1. The summed E-state index contributed by atoms with van der Waals surface area (Å²) in [6, 6.07) is 9.76. The number of piperidine rings is 1. The van der Waals surface area contributed by atoms with Crippen molar-refractivity contribution in [3.05, 3.63) is 42.0 Å². The third-order valence-corrected chi connectivity index (χ3v) is 6.39. The lowest BCUT2D eigenvalue weighted by Crippen LogP contribution is -2.35. The van der Waals surface area contributed by atoms with E-state index in [1.165, 1.54) is 12.8 Å². The van der Waals surface area contributed by atoms with Crippen LogP contribution in [0.2, 0.25) is 0 Å². The number of aromatic amines is 1. The van der Waals surface area contributed by atoms with Crippen molar-refractivity contribution in [1.29, 1.82) is 0 Å². The van der Waals surface area contributed by atoms with Gasteiger partial charge in [0, 0.05) is 29.0 Å². The molecule has 1 N–H and O–H groups in total. The number of nitrogens with one attached hydrogen (secondary N) is 1. The molecule has 24 heavy (non-hydrogen) atoms. The quantitative estimate of drug-likeness (QED) is 0.875. The van der Waals surface area contributed by atoms with Gasteiger partial charge in [-0.3, -0.25) is 9.31 Å². The summed E-state index contributed by atoms with van der Waals surface area (Å²) in [6.45, 7) is 3.00. The minimum atomic E-state index is -0.895. The minimum absolute atomic E-state index is 0.501. The Hall–Kier alpha value is -1.53. The van der Waals surface area contributed by atoms with E-state index >= 15 is 0 Å². The van der Waals surface area contributed by atoms with Crippen LogP contribution in [0.4, 0.5) is 0 Å². The number of rotatable bonds is 6. The highest BCUT2D eigenvalue weighted by Gasteiger charge is 2.30. The highest BCUT2D eigenvalue weighted by molar-refractivity contribution is 7.85. The van der Waals surface area contributed by atoms with Crippen LogP contribution in [0, 0.1) is 0 Å². The van der Waals surface area contributed by atoms with Crippen molar-refractivity contribution >= 4 is 10.8 Å². The van der Waals surface area contributed by atoms with Gasteiger partial charge in [0.1, 0.15) is 5.82 Å². The molecule has 2 aromatic rings. The van der Waals surface area contributed by atoms with Crippen LogP contribution in [0.5, 0.6) is 0 Å². The van der Waals surface area contributed by atoms with Gasteiger partial charge in [-0.25, -0.2) is 4.98 Å². The summed E-state index contributed by atoms with van der Waals surface area (Å²) in [7, 11) is -0.895. The van der Waals surface area contributed by atoms with Crippen LogP contribution in [0.3, 0.4) is 0 Å². The molecule has 4 rings (SSSR count). The number of nitrogens with zero attached hydrogens (tertiary/aromatic N) is 3. The van der Waals surface area contributed by atoms with Gasteiger partial charge in [0.25, 0.3) is 0 Å². The van der Waals surface area contributed by atoms with Crippen LogP contribution < -0.4 is 0 Å². The topological polar surface area (TPSA) is 61.9 Å². The maximum Gasteiger partial charge on any atom is 0.153 e. The van der Waals surface area contributed by atoms with Crippen molar-refractivity contribution in [3.63, 3.8) is 0 Å². The van der Waals surface area contributed by atoms with Gasteiger partial charge in [0.15, 0.2) is 5.82 Å². The molecule has 6 heteroatoms. The average molecular weight is 344 g/mol. The van der Waals surface area contributed by atoms with Gasteiger partial charge < -0.3 is 4.90 Å². The highest BCUT2D eigenvalue weighted by Crippen LogP contribution is 2.38. The molecule has 128 valence electrons. The first-order valence-corrected chi connectivity index (χ1v) is 10.2. The van der Waals surface area contributed by atoms with Crippen molar-refractivity contribution in [2.24, 2.45) is 0 Å². The fourth-order valence-electron chi connectivity index (χ4n) is 3.33. The molecule has 1 saturated carbocycles. The number of hydrogen-bond donors (Lipinski definition) is 1. The summed E-state index contributed by atoms with van der Waals surface area (Å²) in [6.07, 6.45) is 4.71. The Labute approximate surface area is 145 Å². The van der Waals surface area contributed by atoms with Gasteiger partial charge in [0.05, 0.1) is 10.8 Å². The number of hydrogen-bond acceptors (Lipinski definition) is 4. The molecule has 0 amide bonds. The molecule has 0 spiro atoms. The number of aromatic nitrogens is 3. The van der Waals surface area contributed by atoms with E-state index in [0.717, 1.165) is 49.0 Å². The maximum atomic E-state index is 12.3. The normalized spacial score (nSPS) is 21.0. The monoisotopic (exact) mass is 344 g/mol. The van der Waals surface area contributed by atoms with Gasteiger partial charge in [-0.1, -0.05) is 18.2 Å². The zero-order valence-corrected chi connectivity index (χ0v) is 14.7. The molecular weight excluding hydrogens is 320 g/mol. The summed E-state index contributed by atoms with van der Waals surface area (Å²) in [4.78, 5) is 8.06. The van der Waals surface area contributed by atoms with Gasteiger partial charge in [-0.15, -0.1) is 0 Å². The first kappa shape index (κ1) is 16.0. The van der Waals surface area contributed by atoms with Crippen LogP contribution >= 0.6 is 0 Å². The molecule has 0 radical (unpaired) electrons. The van der Waals surface area contributed by atoms with E-state index in [2.05, 4.69) is 15.1 Å². The lowest BCUT2D eigenvalue weighted by molar-refractivity contribution is 0.220. The molecule has 1 saturated heterocycles. The summed E-state index contributed by atoms with van der Waals surface area (Å²) < 4.78 is 12.3. The Kier molecular flexibility index (Phi) is 4.76. The highest BCUT2D eigenvalue weighted by atomic mass is 32.2. The van der Waals surface area contributed by atoms with E-state index in [-0.39, 0.29) is 0 Å². The first-order valence-electron chi connectivity index (χ1n) is 8.87. The standard InChI is InChI=1S/C18H24N4OS/c23-24(16-4-2-1-3-5-16)13-12-22-10-8-15(9-11-22)18-19-17(20-21-18)14-6-7-14/h1-5,14-15H,6-13H2,(H,19,20,21). The fourth-order valence-corrected chi connectivity index (χ4v) is 4.45. The molecule has 1 atom stereocenters. The fraction of sp³-hybridized carbons (Fsp3) is 0.556. The summed E-state index contributed by atoms with van der Waals surface area (Å²) >= 11 is 0. The molecular formula is C18H24N4OS. The molecule has 2 aliphatic rings. The van der Waals surface area contributed by atoms with Crippen molar-refractivity contribution in [2.45, 2.75) is 42.4 Å². The number of likely N-dealkylation sites (tertiary alicyclic amines) is 1. The first-order chi connectivity index (χ1) is 11.8. The predicted octanol–water partition coefficient (Wildman–Crippen LogP) is 2.67. The summed E-state index contributed by atoms with van der Waals surface area (Å²) in [5.41, 5.74) is 0. The summed E-state index contributed by atoms with van der Waals surface area (Å²) in [5, 5.41) is 7.53. The largest absolute Gasteiger partial charge is 0.302 e. The zero-order chi connectivity index (χ0) is 16.4. The lowest BCUT2D eigenvalue weighted by Gasteiger charge is -2.30. The SMILES string of the molecule is O=S(CCN1CCC(c2nc(C3CC3)n[nH]2)CC1)c1ccccc1. The van der Waals surface area contributed by atoms with Gasteiger partial charge in [0.2, 0.25) is 0 Å². The van der Waals surface area contributed by atoms with Crippen molar-refractivity contribution < 1.29 is 4.21 Å². The maximum absolute atomic E-state index is 12.3. The Bertz CT molecular complexity index is 690. The number of H-pyrrole nitrogens is 1. The van der Waals surface area contributed by atoms with Gasteiger partial charge in [-0.2, -0.15) is 5.10 Å². The van der Waals surface area contributed by atoms with Crippen LogP contribution in [-0.2, 0) is 10.8 Å². The Morgan fingerprint density at radius 3 is 2.54 bits per heavy atom. The predicted molar refractivity (Wildman–Crippen MR) is 94.5 cm³/mol. The molecule has 0 bridgehead atoms. The van der Waals surface area contributed by atoms with Crippen LogP contribution in [0.1, 0.15) is 49.2 Å². The van der Waals surface area contributed by atoms with E-state index in [4.69, 9.17) is 4.98 Å². The Balaban J connectivity index is 1.24. The second kappa shape index (κ2) is 7.15. The second-order valence-electron chi connectivity index (χ2n) is 6.83. The van der Waals surface area contributed by atoms with E-state index in [0.29, 0.717) is 17.6 Å². The molecule has 1 aliphatic carbocycles. The van der Waals surface area contributed by atoms with E-state index in [1.807, 2.05) is 30.3 Å².